The van der Waals surface area contributed by atoms with Crippen LogP contribution in [0.25, 0.3) is 0 Å². The maximum absolute atomic E-state index is 12.9. The molecule has 3 aliphatic rings. The van der Waals surface area contributed by atoms with Crippen LogP contribution in [0, 0.1) is 0 Å². The van der Waals surface area contributed by atoms with E-state index in [1.54, 1.807) is 0 Å². The van der Waals surface area contributed by atoms with E-state index in [-0.39, 0.29) is 4.43 Å². The molecule has 15 atom stereocenters. The Bertz CT molecular complexity index is 1740. The van der Waals surface area contributed by atoms with Crippen LogP contribution in [0.3, 0.4) is 0 Å². The van der Waals surface area contributed by atoms with E-state index in [4.69, 9.17) is 71.1 Å². The molecule has 3 fully saturated rings. The SMILES string of the molecule is CC(=O)OC[C@H]1O[C@H](O[C@H]2[C@H](OC(C)=O)[C@@H](OC(C)=O)[C@@H](O[C@H]3[C@H](OC(C)=O)[C@@H](OC(C)=O)[C@H](OC(C)=O)O[C@@H]3CI)O[C@@H]2COC(C)=O)[C@H](OC(C)=O)[C@@H](OC(C)=O)[C@@H]1OC(C)=O. The molecule has 0 amide bonds. The third-order valence-electron chi connectivity index (χ3n) is 8.81. The zero-order valence-corrected chi connectivity index (χ0v) is 38.5. The summed E-state index contributed by atoms with van der Waals surface area (Å²) < 4.78 is 85.6. The summed E-state index contributed by atoms with van der Waals surface area (Å²) >= 11 is 1.87. The van der Waals surface area contributed by atoms with Gasteiger partial charge >= 0.3 is 59.7 Å². The summed E-state index contributed by atoms with van der Waals surface area (Å²) in [5.41, 5.74) is 0. The molecule has 0 radical (unpaired) electrons. The van der Waals surface area contributed by atoms with Gasteiger partial charge in [-0.25, -0.2) is 0 Å². The number of rotatable bonds is 17. The summed E-state index contributed by atoms with van der Waals surface area (Å²) in [5.74, 6) is -9.29. The highest BCUT2D eigenvalue weighted by Crippen LogP contribution is 2.38. The van der Waals surface area contributed by atoms with Gasteiger partial charge in [0.2, 0.25) is 12.4 Å². The van der Waals surface area contributed by atoms with Crippen molar-refractivity contribution < 1.29 is 119 Å². The van der Waals surface area contributed by atoms with Crippen molar-refractivity contribution in [1.82, 2.24) is 0 Å². The second-order valence-corrected chi connectivity index (χ2v) is 15.1. The highest BCUT2D eigenvalue weighted by molar-refractivity contribution is 14.1. The van der Waals surface area contributed by atoms with E-state index in [0.29, 0.717) is 0 Å². The van der Waals surface area contributed by atoms with Crippen molar-refractivity contribution in [3.05, 3.63) is 0 Å². The molecule has 64 heavy (non-hydrogen) atoms. The first-order valence-electron chi connectivity index (χ1n) is 19.4. The monoisotopic (exact) mass is 1030 g/mol. The summed E-state index contributed by atoms with van der Waals surface area (Å²) in [6, 6.07) is 0. The standard InChI is InChI=1S/C38H51IO25/c1-14(40)50-12-25-28(52-16(3)42)31(54-18(5)44)34(57-21(8)47)38(61-25)64-29-26(13-51-15(2)41)62-37(35(58-22(9)48)32(29)55-19(6)45)63-27-24(11-39)60-36(59-23(10)49)33(56-20(7)46)30(27)53-17(4)43/h24-38H,11-13H2,1-10H3/t24-,25-,26-,27-,28-,29-,30+,31+,32+,33-,34-,35-,36-,37-,38-/m1/s1. The van der Waals surface area contributed by atoms with Gasteiger partial charge in [-0.05, 0) is 0 Å². The van der Waals surface area contributed by atoms with Crippen LogP contribution in [0.2, 0.25) is 0 Å². The Labute approximate surface area is 379 Å². The zero-order valence-electron chi connectivity index (χ0n) is 36.4. The number of esters is 10. The lowest BCUT2D eigenvalue weighted by Crippen LogP contribution is -2.68. The van der Waals surface area contributed by atoms with Gasteiger partial charge in [-0.15, -0.1) is 0 Å². The van der Waals surface area contributed by atoms with Crippen LogP contribution in [-0.2, 0) is 119 Å². The normalized spacial score (nSPS) is 32.3. The second-order valence-electron chi connectivity index (χ2n) is 14.2. The van der Waals surface area contributed by atoms with Gasteiger partial charge in [0.15, 0.2) is 49.2 Å². The summed E-state index contributed by atoms with van der Waals surface area (Å²) in [5, 5.41) is 0. The molecule has 0 unspecified atom stereocenters. The Morgan fingerprint density at radius 1 is 0.328 bits per heavy atom. The fourth-order valence-electron chi connectivity index (χ4n) is 6.80. The van der Waals surface area contributed by atoms with E-state index >= 15 is 0 Å². The van der Waals surface area contributed by atoms with Gasteiger partial charge < -0.3 is 71.1 Å². The van der Waals surface area contributed by atoms with Crippen LogP contribution in [0.4, 0.5) is 0 Å². The Morgan fingerprint density at radius 2 is 0.594 bits per heavy atom. The predicted molar refractivity (Wildman–Crippen MR) is 209 cm³/mol. The minimum Gasteiger partial charge on any atom is -0.463 e. The van der Waals surface area contributed by atoms with Crippen molar-refractivity contribution in [3.8, 4) is 0 Å². The molecule has 26 heteroatoms. The molecule has 0 aromatic rings. The molecule has 0 aliphatic carbocycles. The van der Waals surface area contributed by atoms with Gasteiger partial charge in [-0.3, -0.25) is 47.9 Å². The van der Waals surface area contributed by atoms with Crippen LogP contribution in [0.1, 0.15) is 69.2 Å². The number of carbonyl (C=O) groups excluding carboxylic acids is 10. The summed E-state index contributed by atoms with van der Waals surface area (Å²) in [6.45, 7) is 8.71. The number of hydrogen-bond acceptors (Lipinski definition) is 25. The lowest BCUT2D eigenvalue weighted by molar-refractivity contribution is -0.376. The quantitative estimate of drug-likeness (QED) is 0.0773. The van der Waals surface area contributed by atoms with Gasteiger partial charge in [-0.2, -0.15) is 0 Å². The van der Waals surface area contributed by atoms with Gasteiger partial charge in [0.1, 0.15) is 43.7 Å². The largest absolute Gasteiger partial charge is 0.463 e. The summed E-state index contributed by atoms with van der Waals surface area (Å²) in [7, 11) is 0. The molecule has 0 spiro atoms. The molecule has 0 saturated carbocycles. The minimum atomic E-state index is -1.95. The molecule has 0 bridgehead atoms. The number of halogens is 1. The van der Waals surface area contributed by atoms with Crippen LogP contribution < -0.4 is 0 Å². The molecule has 0 aromatic carbocycles. The van der Waals surface area contributed by atoms with E-state index in [9.17, 15) is 47.9 Å². The van der Waals surface area contributed by atoms with Crippen LogP contribution in [0.15, 0.2) is 0 Å². The molecule has 360 valence electrons. The van der Waals surface area contributed by atoms with E-state index < -0.39 is 165 Å². The lowest BCUT2D eigenvalue weighted by atomic mass is 9.95. The van der Waals surface area contributed by atoms with Crippen LogP contribution in [0.5, 0.6) is 0 Å². The van der Waals surface area contributed by atoms with Crippen LogP contribution in [-0.4, -0.2) is 169 Å². The third kappa shape index (κ3) is 15.7. The first-order chi connectivity index (χ1) is 29.9. The maximum Gasteiger partial charge on any atom is 0.305 e. The maximum atomic E-state index is 12.9. The first-order valence-corrected chi connectivity index (χ1v) is 20.9. The van der Waals surface area contributed by atoms with Crippen molar-refractivity contribution in [3.63, 3.8) is 0 Å². The van der Waals surface area contributed by atoms with Crippen molar-refractivity contribution in [2.75, 3.05) is 17.6 Å². The third-order valence-corrected chi connectivity index (χ3v) is 9.67. The molecular weight excluding hydrogens is 983 g/mol. The number of ether oxygens (including phenoxy) is 15. The Hall–Kier alpha value is -4.77. The summed E-state index contributed by atoms with van der Waals surface area (Å²) in [4.78, 5) is 124. The molecular formula is C38H51IO25. The fourth-order valence-corrected chi connectivity index (χ4v) is 7.51. The number of alkyl halides is 1. The average Bonchev–Trinajstić information content (AvgIpc) is 3.15. The van der Waals surface area contributed by atoms with Gasteiger partial charge in [0.25, 0.3) is 0 Å². The topological polar surface area (TPSA) is 309 Å². The van der Waals surface area contributed by atoms with Crippen molar-refractivity contribution in [1.29, 1.82) is 0 Å². The highest BCUT2D eigenvalue weighted by Gasteiger charge is 2.60. The van der Waals surface area contributed by atoms with E-state index in [1.165, 1.54) is 0 Å². The predicted octanol–water partition coefficient (Wildman–Crippen LogP) is -0.422. The van der Waals surface area contributed by atoms with Crippen molar-refractivity contribution in [2.24, 2.45) is 0 Å². The average molecular weight is 1030 g/mol. The van der Waals surface area contributed by atoms with E-state index in [1.807, 2.05) is 22.6 Å². The van der Waals surface area contributed by atoms with E-state index in [0.717, 1.165) is 69.2 Å². The van der Waals surface area contributed by atoms with Crippen LogP contribution >= 0.6 is 22.6 Å². The molecule has 3 heterocycles. The highest BCUT2D eigenvalue weighted by atomic mass is 127. The molecule has 0 aromatic heterocycles. The Morgan fingerprint density at radius 3 is 0.922 bits per heavy atom. The lowest BCUT2D eigenvalue weighted by Gasteiger charge is -2.50. The van der Waals surface area contributed by atoms with Crippen molar-refractivity contribution >= 4 is 82.3 Å². The van der Waals surface area contributed by atoms with Gasteiger partial charge in [-0.1, -0.05) is 22.6 Å². The van der Waals surface area contributed by atoms with Gasteiger partial charge in [0.05, 0.1) is 0 Å². The fraction of sp³-hybridized carbons (Fsp3) is 0.737. The number of carbonyl (C=O) groups is 10. The minimum absolute atomic E-state index is 0.00852. The first kappa shape index (κ1) is 53.6. The Kier molecular flexibility index (Phi) is 20.5. The molecule has 3 aliphatic heterocycles. The Balaban J connectivity index is 2.26. The van der Waals surface area contributed by atoms with Crippen molar-refractivity contribution in [2.45, 2.75) is 161 Å². The molecule has 3 rings (SSSR count). The summed E-state index contributed by atoms with van der Waals surface area (Å²) in [6.07, 6.45) is -25.4. The molecule has 3 saturated heterocycles. The molecule has 0 N–H and O–H groups in total. The second kappa shape index (κ2) is 24.5. The molecule has 25 nitrogen and oxygen atoms in total. The van der Waals surface area contributed by atoms with Gasteiger partial charge in [0, 0.05) is 73.7 Å². The smallest absolute Gasteiger partial charge is 0.305 e. The van der Waals surface area contributed by atoms with E-state index in [2.05, 4.69) is 0 Å². The zero-order chi connectivity index (χ0) is 48.2. The number of hydrogen-bond donors (Lipinski definition) is 0.